The SMILES string of the molecule is C[C@@H]1CCCN(CCNC(=O)c2ccn(-c3ccccc3)n2)C1. The Kier molecular flexibility index (Phi) is 5.08. The number of carbonyl (C=O) groups is 1. The predicted molar refractivity (Wildman–Crippen MR) is 90.7 cm³/mol. The van der Waals surface area contributed by atoms with Gasteiger partial charge in [0.05, 0.1) is 5.69 Å². The first-order valence-corrected chi connectivity index (χ1v) is 8.34. The number of benzene rings is 1. The summed E-state index contributed by atoms with van der Waals surface area (Å²) in [6.45, 7) is 6.15. The van der Waals surface area contributed by atoms with Crippen molar-refractivity contribution in [2.45, 2.75) is 19.8 Å². The lowest BCUT2D eigenvalue weighted by Gasteiger charge is -2.30. The minimum Gasteiger partial charge on any atom is -0.349 e. The van der Waals surface area contributed by atoms with E-state index in [2.05, 4.69) is 22.2 Å². The van der Waals surface area contributed by atoms with E-state index in [-0.39, 0.29) is 5.91 Å². The zero-order chi connectivity index (χ0) is 16.1. The van der Waals surface area contributed by atoms with Crippen molar-refractivity contribution in [3.05, 3.63) is 48.3 Å². The van der Waals surface area contributed by atoms with Gasteiger partial charge in [-0.2, -0.15) is 5.10 Å². The Balaban J connectivity index is 1.50. The fraction of sp³-hybridized carbons (Fsp3) is 0.444. The second-order valence-corrected chi connectivity index (χ2v) is 6.29. The molecule has 1 aromatic heterocycles. The van der Waals surface area contributed by atoms with Crippen LogP contribution in [0.25, 0.3) is 5.69 Å². The minimum absolute atomic E-state index is 0.107. The van der Waals surface area contributed by atoms with E-state index in [1.54, 1.807) is 10.7 Å². The summed E-state index contributed by atoms with van der Waals surface area (Å²) in [6, 6.07) is 11.6. The number of nitrogens with zero attached hydrogens (tertiary/aromatic N) is 3. The molecule has 1 N–H and O–H groups in total. The third-order valence-corrected chi connectivity index (χ3v) is 4.30. The highest BCUT2D eigenvalue weighted by Gasteiger charge is 2.16. The van der Waals surface area contributed by atoms with Crippen LogP contribution in [0.2, 0.25) is 0 Å². The van der Waals surface area contributed by atoms with Gasteiger partial charge in [0.15, 0.2) is 5.69 Å². The quantitative estimate of drug-likeness (QED) is 0.922. The van der Waals surface area contributed by atoms with Crippen molar-refractivity contribution in [1.82, 2.24) is 20.0 Å². The molecule has 0 saturated carbocycles. The van der Waals surface area contributed by atoms with Crippen LogP contribution < -0.4 is 5.32 Å². The number of para-hydroxylation sites is 1. The highest BCUT2D eigenvalue weighted by molar-refractivity contribution is 5.92. The smallest absolute Gasteiger partial charge is 0.271 e. The maximum Gasteiger partial charge on any atom is 0.271 e. The van der Waals surface area contributed by atoms with Gasteiger partial charge in [0.1, 0.15) is 0 Å². The van der Waals surface area contributed by atoms with Crippen molar-refractivity contribution in [1.29, 1.82) is 0 Å². The van der Waals surface area contributed by atoms with Crippen LogP contribution in [0.5, 0.6) is 0 Å². The van der Waals surface area contributed by atoms with Crippen molar-refractivity contribution < 1.29 is 4.79 Å². The molecule has 5 heteroatoms. The van der Waals surface area contributed by atoms with E-state index in [1.807, 2.05) is 36.5 Å². The Morgan fingerprint density at radius 2 is 2.13 bits per heavy atom. The molecule has 0 radical (unpaired) electrons. The van der Waals surface area contributed by atoms with E-state index in [0.717, 1.165) is 31.2 Å². The van der Waals surface area contributed by atoms with Crippen LogP contribution in [0.3, 0.4) is 0 Å². The number of carbonyl (C=O) groups excluding carboxylic acids is 1. The molecule has 0 spiro atoms. The average Bonchev–Trinajstić information content (AvgIpc) is 3.06. The van der Waals surface area contributed by atoms with Gasteiger partial charge in [0.25, 0.3) is 5.91 Å². The van der Waals surface area contributed by atoms with Gasteiger partial charge in [-0.1, -0.05) is 25.1 Å². The molecule has 1 fully saturated rings. The lowest BCUT2D eigenvalue weighted by molar-refractivity contribution is 0.0938. The summed E-state index contributed by atoms with van der Waals surface area (Å²) in [5.74, 6) is 0.658. The minimum atomic E-state index is -0.107. The van der Waals surface area contributed by atoms with Gasteiger partial charge in [0.2, 0.25) is 0 Å². The largest absolute Gasteiger partial charge is 0.349 e. The predicted octanol–water partition coefficient (Wildman–Crippen LogP) is 2.33. The third-order valence-electron chi connectivity index (χ3n) is 4.30. The van der Waals surface area contributed by atoms with E-state index < -0.39 is 0 Å². The zero-order valence-corrected chi connectivity index (χ0v) is 13.6. The molecule has 23 heavy (non-hydrogen) atoms. The van der Waals surface area contributed by atoms with Crippen molar-refractivity contribution in [2.75, 3.05) is 26.2 Å². The molecule has 1 aromatic carbocycles. The van der Waals surface area contributed by atoms with E-state index in [0.29, 0.717) is 12.2 Å². The van der Waals surface area contributed by atoms with Crippen LogP contribution in [0.1, 0.15) is 30.3 Å². The molecule has 0 bridgehead atoms. The monoisotopic (exact) mass is 312 g/mol. The molecular formula is C18H24N4O. The standard InChI is InChI=1S/C18H24N4O/c1-15-6-5-11-21(14-15)13-10-19-18(23)17-9-12-22(20-17)16-7-3-2-4-8-16/h2-4,7-9,12,15H,5-6,10-11,13-14H2,1H3,(H,19,23)/t15-/m1/s1. The third kappa shape index (κ3) is 4.20. The highest BCUT2D eigenvalue weighted by Crippen LogP contribution is 2.14. The van der Waals surface area contributed by atoms with Gasteiger partial charge in [-0.15, -0.1) is 0 Å². The molecule has 1 aliphatic rings. The van der Waals surface area contributed by atoms with E-state index in [9.17, 15) is 4.79 Å². The van der Waals surface area contributed by atoms with Crippen molar-refractivity contribution in [3.8, 4) is 5.69 Å². The fourth-order valence-corrected chi connectivity index (χ4v) is 3.08. The zero-order valence-electron chi connectivity index (χ0n) is 13.6. The maximum atomic E-state index is 12.2. The van der Waals surface area contributed by atoms with E-state index in [4.69, 9.17) is 0 Å². The van der Waals surface area contributed by atoms with Crippen molar-refractivity contribution in [2.24, 2.45) is 5.92 Å². The maximum absolute atomic E-state index is 12.2. The molecule has 1 aliphatic heterocycles. The summed E-state index contributed by atoms with van der Waals surface area (Å²) in [6.07, 6.45) is 4.40. The molecule has 0 unspecified atom stereocenters. The van der Waals surface area contributed by atoms with Gasteiger partial charge in [-0.25, -0.2) is 4.68 Å². The summed E-state index contributed by atoms with van der Waals surface area (Å²) in [5.41, 5.74) is 1.41. The Morgan fingerprint density at radius 3 is 2.91 bits per heavy atom. The van der Waals surface area contributed by atoms with Crippen LogP contribution in [-0.4, -0.2) is 46.8 Å². The van der Waals surface area contributed by atoms with E-state index >= 15 is 0 Å². The molecule has 1 saturated heterocycles. The van der Waals surface area contributed by atoms with Crippen LogP contribution in [0, 0.1) is 5.92 Å². The number of nitrogens with one attached hydrogen (secondary N) is 1. The van der Waals surface area contributed by atoms with Crippen LogP contribution >= 0.6 is 0 Å². The summed E-state index contributed by atoms with van der Waals surface area (Å²) in [5, 5.41) is 7.32. The molecule has 2 aromatic rings. The number of piperidine rings is 1. The first-order chi connectivity index (χ1) is 11.2. The molecule has 2 heterocycles. The lowest BCUT2D eigenvalue weighted by atomic mass is 10.0. The normalized spacial score (nSPS) is 18.7. The Morgan fingerprint density at radius 1 is 1.30 bits per heavy atom. The van der Waals surface area contributed by atoms with Crippen molar-refractivity contribution >= 4 is 5.91 Å². The Hall–Kier alpha value is -2.14. The summed E-state index contributed by atoms with van der Waals surface area (Å²) < 4.78 is 1.72. The molecule has 1 amide bonds. The number of amides is 1. The van der Waals surface area contributed by atoms with Crippen molar-refractivity contribution in [3.63, 3.8) is 0 Å². The highest BCUT2D eigenvalue weighted by atomic mass is 16.1. The van der Waals surface area contributed by atoms with Crippen LogP contribution in [-0.2, 0) is 0 Å². The van der Waals surface area contributed by atoms with Gasteiger partial charge >= 0.3 is 0 Å². The van der Waals surface area contributed by atoms with Gasteiger partial charge in [-0.05, 0) is 43.5 Å². The van der Waals surface area contributed by atoms with Gasteiger partial charge in [0, 0.05) is 25.8 Å². The molecule has 3 rings (SSSR count). The number of likely N-dealkylation sites (tertiary alicyclic amines) is 1. The second-order valence-electron chi connectivity index (χ2n) is 6.29. The fourth-order valence-electron chi connectivity index (χ4n) is 3.08. The first-order valence-electron chi connectivity index (χ1n) is 8.34. The Bertz CT molecular complexity index is 637. The first kappa shape index (κ1) is 15.7. The Labute approximate surface area is 137 Å². The number of aromatic nitrogens is 2. The molecule has 0 aliphatic carbocycles. The molecule has 122 valence electrons. The average molecular weight is 312 g/mol. The van der Waals surface area contributed by atoms with E-state index in [1.165, 1.54) is 12.8 Å². The number of hydrogen-bond acceptors (Lipinski definition) is 3. The van der Waals surface area contributed by atoms with Crippen LogP contribution in [0.15, 0.2) is 42.6 Å². The topological polar surface area (TPSA) is 50.2 Å². The van der Waals surface area contributed by atoms with Gasteiger partial charge < -0.3 is 10.2 Å². The lowest BCUT2D eigenvalue weighted by Crippen LogP contribution is -2.40. The summed E-state index contributed by atoms with van der Waals surface area (Å²) in [4.78, 5) is 14.6. The number of hydrogen-bond donors (Lipinski definition) is 1. The molecular weight excluding hydrogens is 288 g/mol. The summed E-state index contributed by atoms with van der Waals surface area (Å²) >= 11 is 0. The number of rotatable bonds is 5. The molecule has 1 atom stereocenters. The molecule has 5 nitrogen and oxygen atoms in total. The summed E-state index contributed by atoms with van der Waals surface area (Å²) in [7, 11) is 0. The second kappa shape index (κ2) is 7.42. The van der Waals surface area contributed by atoms with Crippen LogP contribution in [0.4, 0.5) is 0 Å². The van der Waals surface area contributed by atoms with Gasteiger partial charge in [-0.3, -0.25) is 4.79 Å².